The second-order valence-corrected chi connectivity index (χ2v) is 5.77. The quantitative estimate of drug-likeness (QED) is 0.622. The van der Waals surface area contributed by atoms with E-state index in [4.69, 9.17) is 9.47 Å². The summed E-state index contributed by atoms with van der Waals surface area (Å²) in [6.07, 6.45) is 0. The molecule has 0 aliphatic heterocycles. The second kappa shape index (κ2) is 9.23. The Morgan fingerprint density at radius 3 is 2.36 bits per heavy atom. The second-order valence-electron chi connectivity index (χ2n) is 5.77. The van der Waals surface area contributed by atoms with Crippen molar-refractivity contribution in [2.45, 2.75) is 0 Å². The van der Waals surface area contributed by atoms with Crippen molar-refractivity contribution < 1.29 is 23.8 Å². The molecule has 142 valence electrons. The van der Waals surface area contributed by atoms with Crippen LogP contribution in [0.15, 0.2) is 78.9 Å². The molecule has 0 aliphatic carbocycles. The highest BCUT2D eigenvalue weighted by atomic mass is 16.5. The standard InChI is InChI=1S/C22H19NO5/c1-26-22(25)16-8-7-11-18(14-16)27-15-21(24)23-19-12-5-6-13-20(19)28-17-9-3-2-4-10-17/h2-14H,15H2,1H3,(H,23,24). The Kier molecular flexibility index (Phi) is 6.25. The van der Waals surface area contributed by atoms with Crippen LogP contribution in [-0.2, 0) is 9.53 Å². The van der Waals surface area contributed by atoms with Crippen molar-refractivity contribution in [2.75, 3.05) is 19.0 Å². The fourth-order valence-corrected chi connectivity index (χ4v) is 2.44. The number of anilines is 1. The number of hydrogen-bond acceptors (Lipinski definition) is 5. The lowest BCUT2D eigenvalue weighted by Crippen LogP contribution is -2.20. The number of hydrogen-bond donors (Lipinski definition) is 1. The van der Waals surface area contributed by atoms with Crippen LogP contribution in [0.2, 0.25) is 0 Å². The fraction of sp³-hybridized carbons (Fsp3) is 0.0909. The van der Waals surface area contributed by atoms with Gasteiger partial charge in [-0.15, -0.1) is 0 Å². The molecule has 3 aromatic rings. The zero-order chi connectivity index (χ0) is 19.8. The highest BCUT2D eigenvalue weighted by molar-refractivity contribution is 5.93. The molecule has 0 bridgehead atoms. The molecule has 0 saturated heterocycles. The Hall–Kier alpha value is -3.80. The molecule has 1 N–H and O–H groups in total. The molecule has 3 rings (SSSR count). The molecular formula is C22H19NO5. The van der Waals surface area contributed by atoms with Crippen molar-refractivity contribution in [1.82, 2.24) is 0 Å². The maximum atomic E-state index is 12.3. The third-order valence-electron chi connectivity index (χ3n) is 3.76. The molecule has 0 spiro atoms. The summed E-state index contributed by atoms with van der Waals surface area (Å²) in [6, 6.07) is 22.9. The smallest absolute Gasteiger partial charge is 0.337 e. The molecule has 28 heavy (non-hydrogen) atoms. The summed E-state index contributed by atoms with van der Waals surface area (Å²) in [5.41, 5.74) is 0.880. The monoisotopic (exact) mass is 377 g/mol. The van der Waals surface area contributed by atoms with Gasteiger partial charge in [-0.1, -0.05) is 36.4 Å². The summed E-state index contributed by atoms with van der Waals surface area (Å²) in [4.78, 5) is 23.8. The number of rotatable bonds is 7. The van der Waals surface area contributed by atoms with Crippen LogP contribution in [0, 0.1) is 0 Å². The van der Waals surface area contributed by atoms with Crippen LogP contribution in [0.1, 0.15) is 10.4 Å². The van der Waals surface area contributed by atoms with Crippen molar-refractivity contribution in [3.8, 4) is 17.2 Å². The number of carbonyl (C=O) groups excluding carboxylic acids is 2. The van der Waals surface area contributed by atoms with Gasteiger partial charge in [0, 0.05) is 0 Å². The average Bonchev–Trinajstić information content (AvgIpc) is 2.74. The van der Waals surface area contributed by atoms with Gasteiger partial charge in [0.05, 0.1) is 18.4 Å². The third kappa shape index (κ3) is 5.11. The summed E-state index contributed by atoms with van der Waals surface area (Å²) >= 11 is 0. The SMILES string of the molecule is COC(=O)c1cccc(OCC(=O)Nc2ccccc2Oc2ccccc2)c1. The Morgan fingerprint density at radius 1 is 0.857 bits per heavy atom. The van der Waals surface area contributed by atoms with Gasteiger partial charge in [-0.3, -0.25) is 4.79 Å². The molecule has 0 unspecified atom stereocenters. The molecular weight excluding hydrogens is 358 g/mol. The number of para-hydroxylation sites is 3. The van der Waals surface area contributed by atoms with Gasteiger partial charge in [0.2, 0.25) is 0 Å². The van der Waals surface area contributed by atoms with Crippen molar-refractivity contribution in [2.24, 2.45) is 0 Å². The summed E-state index contributed by atoms with van der Waals surface area (Å²) in [6.45, 7) is -0.218. The minimum Gasteiger partial charge on any atom is -0.484 e. The number of esters is 1. The lowest BCUT2D eigenvalue weighted by atomic mass is 10.2. The Morgan fingerprint density at radius 2 is 1.57 bits per heavy atom. The Balaban J connectivity index is 1.62. The molecule has 0 fully saturated rings. The maximum absolute atomic E-state index is 12.3. The average molecular weight is 377 g/mol. The van der Waals surface area contributed by atoms with Gasteiger partial charge in [0.1, 0.15) is 11.5 Å². The summed E-state index contributed by atoms with van der Waals surface area (Å²) in [5, 5.41) is 2.77. The van der Waals surface area contributed by atoms with Crippen molar-refractivity contribution in [3.63, 3.8) is 0 Å². The van der Waals surface area contributed by atoms with E-state index in [1.165, 1.54) is 13.2 Å². The van der Waals surface area contributed by atoms with E-state index in [0.717, 1.165) is 0 Å². The first kappa shape index (κ1) is 19.0. The number of benzene rings is 3. The predicted octanol–water partition coefficient (Wildman–Crippen LogP) is 4.28. The highest BCUT2D eigenvalue weighted by Gasteiger charge is 2.11. The third-order valence-corrected chi connectivity index (χ3v) is 3.76. The number of amides is 1. The number of carbonyl (C=O) groups is 2. The van der Waals surface area contributed by atoms with Crippen LogP contribution in [0.3, 0.4) is 0 Å². The van der Waals surface area contributed by atoms with Crippen LogP contribution in [0.25, 0.3) is 0 Å². The van der Waals surface area contributed by atoms with Gasteiger partial charge in [-0.25, -0.2) is 4.79 Å². The lowest BCUT2D eigenvalue weighted by molar-refractivity contribution is -0.118. The van der Waals surface area contributed by atoms with Crippen LogP contribution < -0.4 is 14.8 Å². The van der Waals surface area contributed by atoms with E-state index in [2.05, 4.69) is 10.1 Å². The van der Waals surface area contributed by atoms with E-state index in [9.17, 15) is 9.59 Å². The van der Waals surface area contributed by atoms with Gasteiger partial charge < -0.3 is 19.5 Å². The van der Waals surface area contributed by atoms with Crippen LogP contribution in [0.4, 0.5) is 5.69 Å². The van der Waals surface area contributed by atoms with Crippen LogP contribution in [0.5, 0.6) is 17.2 Å². The largest absolute Gasteiger partial charge is 0.484 e. The molecule has 0 atom stereocenters. The molecule has 6 heteroatoms. The molecule has 0 radical (unpaired) electrons. The molecule has 0 aromatic heterocycles. The van der Waals surface area contributed by atoms with E-state index >= 15 is 0 Å². The van der Waals surface area contributed by atoms with Gasteiger partial charge in [-0.05, 0) is 42.5 Å². The zero-order valence-electron chi connectivity index (χ0n) is 15.3. The maximum Gasteiger partial charge on any atom is 0.337 e. The van der Waals surface area contributed by atoms with Crippen molar-refractivity contribution in [3.05, 3.63) is 84.4 Å². The minimum absolute atomic E-state index is 0.218. The van der Waals surface area contributed by atoms with E-state index in [0.29, 0.717) is 28.5 Å². The Labute approximate surface area is 162 Å². The first-order valence-corrected chi connectivity index (χ1v) is 8.58. The summed E-state index contributed by atoms with van der Waals surface area (Å²) in [7, 11) is 1.30. The van der Waals surface area contributed by atoms with E-state index in [1.807, 2.05) is 36.4 Å². The summed E-state index contributed by atoms with van der Waals surface area (Å²) < 4.78 is 16.0. The first-order valence-electron chi connectivity index (χ1n) is 8.58. The van der Waals surface area contributed by atoms with E-state index in [-0.39, 0.29) is 12.5 Å². The number of nitrogens with one attached hydrogen (secondary N) is 1. The van der Waals surface area contributed by atoms with Crippen LogP contribution in [-0.4, -0.2) is 25.6 Å². The molecule has 3 aromatic carbocycles. The van der Waals surface area contributed by atoms with Gasteiger partial charge >= 0.3 is 5.97 Å². The minimum atomic E-state index is -0.470. The first-order chi connectivity index (χ1) is 13.7. The van der Waals surface area contributed by atoms with Gasteiger partial charge in [0.15, 0.2) is 12.4 Å². The molecule has 0 heterocycles. The Bertz CT molecular complexity index is 956. The van der Waals surface area contributed by atoms with Crippen molar-refractivity contribution >= 4 is 17.6 Å². The summed E-state index contributed by atoms with van der Waals surface area (Å²) in [5.74, 6) is 0.760. The predicted molar refractivity (Wildman–Crippen MR) is 105 cm³/mol. The fourth-order valence-electron chi connectivity index (χ4n) is 2.44. The van der Waals surface area contributed by atoms with E-state index in [1.54, 1.807) is 36.4 Å². The van der Waals surface area contributed by atoms with Gasteiger partial charge in [-0.2, -0.15) is 0 Å². The topological polar surface area (TPSA) is 73.9 Å². The number of methoxy groups -OCH3 is 1. The van der Waals surface area contributed by atoms with E-state index < -0.39 is 5.97 Å². The zero-order valence-corrected chi connectivity index (χ0v) is 15.3. The number of ether oxygens (including phenoxy) is 3. The van der Waals surface area contributed by atoms with Crippen molar-refractivity contribution in [1.29, 1.82) is 0 Å². The molecule has 6 nitrogen and oxygen atoms in total. The normalized spacial score (nSPS) is 10.0. The molecule has 1 amide bonds. The van der Waals surface area contributed by atoms with Crippen LogP contribution >= 0.6 is 0 Å². The molecule has 0 aliphatic rings. The molecule has 0 saturated carbocycles. The lowest BCUT2D eigenvalue weighted by Gasteiger charge is -2.13. The van der Waals surface area contributed by atoms with Gasteiger partial charge in [0.25, 0.3) is 5.91 Å². The highest BCUT2D eigenvalue weighted by Crippen LogP contribution is 2.29.